The highest BCUT2D eigenvalue weighted by atomic mass is 16.7. The molecule has 0 aromatic carbocycles. The van der Waals surface area contributed by atoms with Crippen LogP contribution in [0.4, 0.5) is 0 Å². The molecule has 5 heteroatoms. The van der Waals surface area contributed by atoms with Crippen molar-refractivity contribution in [2.24, 2.45) is 17.8 Å². The van der Waals surface area contributed by atoms with E-state index in [-0.39, 0.29) is 18.1 Å². The van der Waals surface area contributed by atoms with Crippen LogP contribution < -0.4 is 5.32 Å². The SMILES string of the molecule is CC(C)C1CC(C2OC2O)NC1(C)C(C)C(=O)O. The zero-order valence-electron chi connectivity index (χ0n) is 11.4. The Kier molecular flexibility index (Phi) is 3.42. The molecule has 0 amide bonds. The summed E-state index contributed by atoms with van der Waals surface area (Å²) < 4.78 is 5.11. The van der Waals surface area contributed by atoms with Gasteiger partial charge in [-0.2, -0.15) is 0 Å². The summed E-state index contributed by atoms with van der Waals surface area (Å²) in [5.41, 5.74) is -0.448. The minimum Gasteiger partial charge on any atom is -0.481 e. The number of carboxylic acids is 1. The molecular formula is C13H23NO4. The zero-order chi connectivity index (χ0) is 13.7. The van der Waals surface area contributed by atoms with Crippen molar-refractivity contribution in [2.75, 3.05) is 0 Å². The molecule has 0 spiro atoms. The highest BCUT2D eigenvalue weighted by Gasteiger charge is 2.56. The summed E-state index contributed by atoms with van der Waals surface area (Å²) in [5.74, 6) is -0.588. The van der Waals surface area contributed by atoms with Crippen molar-refractivity contribution in [1.29, 1.82) is 0 Å². The van der Waals surface area contributed by atoms with E-state index in [0.717, 1.165) is 6.42 Å². The second-order valence-corrected chi connectivity index (χ2v) is 6.17. The molecule has 104 valence electrons. The van der Waals surface area contributed by atoms with Crippen molar-refractivity contribution in [2.45, 2.75) is 58.1 Å². The van der Waals surface area contributed by atoms with E-state index >= 15 is 0 Å². The lowest BCUT2D eigenvalue weighted by Gasteiger charge is -2.37. The van der Waals surface area contributed by atoms with Gasteiger partial charge in [0.25, 0.3) is 0 Å². The monoisotopic (exact) mass is 257 g/mol. The van der Waals surface area contributed by atoms with Gasteiger partial charge in [-0.05, 0) is 25.2 Å². The lowest BCUT2D eigenvalue weighted by atomic mass is 9.72. The molecule has 2 aliphatic rings. The van der Waals surface area contributed by atoms with Gasteiger partial charge in [-0.25, -0.2) is 0 Å². The van der Waals surface area contributed by atoms with E-state index in [1.807, 2.05) is 6.92 Å². The van der Waals surface area contributed by atoms with Gasteiger partial charge in [-0.15, -0.1) is 0 Å². The molecule has 2 rings (SSSR count). The second kappa shape index (κ2) is 4.47. The third-order valence-electron chi connectivity index (χ3n) is 4.75. The zero-order valence-corrected chi connectivity index (χ0v) is 11.4. The maximum absolute atomic E-state index is 11.3. The van der Waals surface area contributed by atoms with E-state index in [1.165, 1.54) is 0 Å². The average Bonchev–Trinajstić information content (AvgIpc) is 2.87. The molecule has 2 aliphatic heterocycles. The third-order valence-corrected chi connectivity index (χ3v) is 4.75. The van der Waals surface area contributed by atoms with Crippen molar-refractivity contribution in [3.05, 3.63) is 0 Å². The second-order valence-electron chi connectivity index (χ2n) is 6.17. The first-order valence-corrected chi connectivity index (χ1v) is 6.61. The van der Waals surface area contributed by atoms with Crippen molar-refractivity contribution >= 4 is 5.97 Å². The van der Waals surface area contributed by atoms with Crippen LogP contribution in [0.3, 0.4) is 0 Å². The molecule has 0 saturated carbocycles. The molecule has 2 heterocycles. The summed E-state index contributed by atoms with van der Waals surface area (Å²) in [6.07, 6.45) is -0.0000775. The van der Waals surface area contributed by atoms with Crippen LogP contribution in [-0.4, -0.2) is 40.2 Å². The first-order chi connectivity index (χ1) is 8.27. The van der Waals surface area contributed by atoms with Crippen molar-refractivity contribution in [3.8, 4) is 0 Å². The Morgan fingerprint density at radius 3 is 2.39 bits per heavy atom. The van der Waals surface area contributed by atoms with Gasteiger partial charge in [0.2, 0.25) is 0 Å². The van der Waals surface area contributed by atoms with Crippen molar-refractivity contribution in [3.63, 3.8) is 0 Å². The van der Waals surface area contributed by atoms with Crippen LogP contribution in [0.15, 0.2) is 0 Å². The summed E-state index contributed by atoms with van der Waals surface area (Å²) in [6.45, 7) is 7.96. The van der Waals surface area contributed by atoms with Crippen LogP contribution in [0.1, 0.15) is 34.1 Å². The number of rotatable bonds is 4. The minimum atomic E-state index is -0.784. The molecule has 0 aromatic rings. The van der Waals surface area contributed by atoms with Gasteiger partial charge in [0.1, 0.15) is 6.10 Å². The van der Waals surface area contributed by atoms with Crippen molar-refractivity contribution in [1.82, 2.24) is 5.32 Å². The lowest BCUT2D eigenvalue weighted by Crippen LogP contribution is -2.53. The van der Waals surface area contributed by atoms with Gasteiger partial charge >= 0.3 is 5.97 Å². The predicted octanol–water partition coefficient (Wildman–Crippen LogP) is 0.817. The Bertz CT molecular complexity index is 346. The molecule has 6 unspecified atom stereocenters. The first-order valence-electron chi connectivity index (χ1n) is 6.61. The number of nitrogens with one attached hydrogen (secondary N) is 1. The Hall–Kier alpha value is -0.650. The molecule has 18 heavy (non-hydrogen) atoms. The Balaban J connectivity index is 2.18. The number of ether oxygens (including phenoxy) is 1. The van der Waals surface area contributed by atoms with E-state index in [9.17, 15) is 15.0 Å². The van der Waals surface area contributed by atoms with Gasteiger partial charge < -0.3 is 20.3 Å². The third kappa shape index (κ3) is 2.15. The summed E-state index contributed by atoms with van der Waals surface area (Å²) in [7, 11) is 0. The van der Waals surface area contributed by atoms with Crippen LogP contribution in [-0.2, 0) is 9.53 Å². The summed E-state index contributed by atoms with van der Waals surface area (Å²) in [4.78, 5) is 11.3. The predicted molar refractivity (Wildman–Crippen MR) is 66.0 cm³/mol. The molecule has 2 saturated heterocycles. The number of hydrogen-bond donors (Lipinski definition) is 3. The number of aliphatic hydroxyl groups excluding tert-OH is 1. The normalized spacial score (nSPS) is 45.2. The van der Waals surface area contributed by atoms with Gasteiger partial charge in [0, 0.05) is 11.6 Å². The molecular weight excluding hydrogens is 234 g/mol. The van der Waals surface area contributed by atoms with Crippen LogP contribution in [0.2, 0.25) is 0 Å². The Labute approximate surface area is 108 Å². The Morgan fingerprint density at radius 2 is 2.00 bits per heavy atom. The van der Waals surface area contributed by atoms with E-state index in [0.29, 0.717) is 5.92 Å². The molecule has 0 aromatic heterocycles. The summed E-state index contributed by atoms with van der Waals surface area (Å²) in [5, 5.41) is 22.0. The minimum absolute atomic E-state index is 0.0548. The molecule has 3 N–H and O–H groups in total. The van der Waals surface area contributed by atoms with Crippen LogP contribution in [0.5, 0.6) is 0 Å². The fraction of sp³-hybridized carbons (Fsp3) is 0.923. The van der Waals surface area contributed by atoms with E-state index < -0.39 is 23.7 Å². The maximum atomic E-state index is 11.3. The van der Waals surface area contributed by atoms with Gasteiger partial charge in [0.15, 0.2) is 6.29 Å². The lowest BCUT2D eigenvalue weighted by molar-refractivity contribution is -0.144. The first kappa shape index (κ1) is 13.8. The maximum Gasteiger partial charge on any atom is 0.308 e. The number of epoxide rings is 1. The standard InChI is InChI=1S/C13H23NO4/c1-6(2)8-5-9(10-12(17)18-10)14-13(8,4)7(3)11(15)16/h6-10,12,14,17H,5H2,1-4H3,(H,15,16). The van der Waals surface area contributed by atoms with Gasteiger partial charge in [-0.1, -0.05) is 20.8 Å². The number of aliphatic carboxylic acids is 1. The number of carboxylic acid groups (broad SMARTS) is 1. The number of hydrogen-bond acceptors (Lipinski definition) is 4. The number of aliphatic hydroxyl groups is 1. The Morgan fingerprint density at radius 1 is 1.44 bits per heavy atom. The molecule has 0 bridgehead atoms. The van der Waals surface area contributed by atoms with Gasteiger partial charge in [-0.3, -0.25) is 4.79 Å². The quantitative estimate of drug-likeness (QED) is 0.649. The highest BCUT2D eigenvalue weighted by molar-refractivity contribution is 5.71. The molecule has 2 fully saturated rings. The van der Waals surface area contributed by atoms with E-state index in [4.69, 9.17) is 4.74 Å². The largest absolute Gasteiger partial charge is 0.481 e. The molecule has 0 aliphatic carbocycles. The van der Waals surface area contributed by atoms with E-state index in [1.54, 1.807) is 6.92 Å². The topological polar surface area (TPSA) is 82.1 Å². The average molecular weight is 257 g/mol. The fourth-order valence-corrected chi connectivity index (χ4v) is 3.38. The van der Waals surface area contributed by atoms with Gasteiger partial charge in [0.05, 0.1) is 5.92 Å². The van der Waals surface area contributed by atoms with Crippen LogP contribution >= 0.6 is 0 Å². The fourth-order valence-electron chi connectivity index (χ4n) is 3.38. The van der Waals surface area contributed by atoms with E-state index in [2.05, 4.69) is 19.2 Å². The van der Waals surface area contributed by atoms with Crippen LogP contribution in [0.25, 0.3) is 0 Å². The molecule has 6 atom stereocenters. The molecule has 0 radical (unpaired) electrons. The molecule has 5 nitrogen and oxygen atoms in total. The highest BCUT2D eigenvalue weighted by Crippen LogP contribution is 2.44. The van der Waals surface area contributed by atoms with Crippen molar-refractivity contribution < 1.29 is 19.7 Å². The summed E-state index contributed by atoms with van der Waals surface area (Å²) in [6, 6.07) is 0.0548. The summed E-state index contributed by atoms with van der Waals surface area (Å²) >= 11 is 0. The van der Waals surface area contributed by atoms with Crippen LogP contribution in [0, 0.1) is 17.8 Å². The smallest absolute Gasteiger partial charge is 0.308 e. The number of carbonyl (C=O) groups is 1.